The predicted molar refractivity (Wildman–Crippen MR) is 106 cm³/mol. The van der Waals surface area contributed by atoms with Crippen molar-refractivity contribution in [1.29, 1.82) is 0 Å². The van der Waals surface area contributed by atoms with Gasteiger partial charge in [0.05, 0.1) is 22.5 Å². The maximum absolute atomic E-state index is 11.4. The van der Waals surface area contributed by atoms with Crippen molar-refractivity contribution in [2.45, 2.75) is 25.8 Å². The average Bonchev–Trinajstić information content (AvgIpc) is 3.34. The number of carbonyl (C=O) groups is 1. The fourth-order valence-electron chi connectivity index (χ4n) is 4.06. The van der Waals surface area contributed by atoms with Gasteiger partial charge in [-0.25, -0.2) is 9.78 Å². The Hall–Kier alpha value is -3.28. The van der Waals surface area contributed by atoms with Gasteiger partial charge in [0.25, 0.3) is 0 Å². The number of anilines is 1. The monoisotopic (exact) mass is 376 g/mol. The van der Waals surface area contributed by atoms with E-state index in [0.717, 1.165) is 58.7 Å². The second kappa shape index (κ2) is 6.41. The summed E-state index contributed by atoms with van der Waals surface area (Å²) in [6.45, 7) is 3.41. The van der Waals surface area contributed by atoms with Crippen LogP contribution in [0.3, 0.4) is 0 Å². The first kappa shape index (κ1) is 16.9. The minimum Gasteiger partial charge on any atom is -0.478 e. The molecule has 1 saturated heterocycles. The van der Waals surface area contributed by atoms with E-state index in [1.54, 1.807) is 18.2 Å². The van der Waals surface area contributed by atoms with Gasteiger partial charge in [0, 0.05) is 23.5 Å². The summed E-state index contributed by atoms with van der Waals surface area (Å²) in [6, 6.07) is 13.4. The van der Waals surface area contributed by atoms with Gasteiger partial charge < -0.3 is 19.5 Å². The molecule has 0 bridgehead atoms. The van der Waals surface area contributed by atoms with Gasteiger partial charge >= 0.3 is 5.97 Å². The minimum atomic E-state index is -0.933. The first-order chi connectivity index (χ1) is 13.6. The van der Waals surface area contributed by atoms with Gasteiger partial charge in [0.15, 0.2) is 11.5 Å². The van der Waals surface area contributed by atoms with Crippen molar-refractivity contribution in [3.63, 3.8) is 0 Å². The van der Waals surface area contributed by atoms with Gasteiger partial charge in [0.1, 0.15) is 0 Å². The topological polar surface area (TPSA) is 71.9 Å². The second-order valence-corrected chi connectivity index (χ2v) is 7.32. The third kappa shape index (κ3) is 2.72. The molecule has 5 rings (SSSR count). The van der Waals surface area contributed by atoms with Crippen molar-refractivity contribution in [2.24, 2.45) is 0 Å². The fraction of sp³-hybridized carbons (Fsp3) is 0.273. The van der Waals surface area contributed by atoms with E-state index in [9.17, 15) is 9.90 Å². The van der Waals surface area contributed by atoms with Crippen LogP contribution in [0.15, 0.2) is 42.5 Å². The lowest BCUT2D eigenvalue weighted by Gasteiger charge is -2.26. The molecule has 2 aliphatic rings. The summed E-state index contributed by atoms with van der Waals surface area (Å²) in [5, 5.41) is 10.2. The van der Waals surface area contributed by atoms with E-state index < -0.39 is 5.97 Å². The molecule has 6 heteroatoms. The van der Waals surface area contributed by atoms with Crippen molar-refractivity contribution in [3.8, 4) is 22.8 Å². The van der Waals surface area contributed by atoms with Crippen LogP contribution in [0.1, 0.15) is 30.1 Å². The predicted octanol–water partition coefficient (Wildman–Crippen LogP) is 4.32. The number of pyridine rings is 1. The van der Waals surface area contributed by atoms with Gasteiger partial charge in [-0.15, -0.1) is 0 Å². The molecule has 0 saturated carbocycles. The molecule has 0 spiro atoms. The molecular weight excluding hydrogens is 356 g/mol. The summed E-state index contributed by atoms with van der Waals surface area (Å²) in [5.74, 6) is 0.533. The maximum atomic E-state index is 11.4. The van der Waals surface area contributed by atoms with E-state index in [-0.39, 0.29) is 12.4 Å². The van der Waals surface area contributed by atoms with Crippen molar-refractivity contribution in [1.82, 2.24) is 4.98 Å². The summed E-state index contributed by atoms with van der Waals surface area (Å²) in [5.41, 5.74) is 3.91. The highest BCUT2D eigenvalue weighted by Gasteiger charge is 2.25. The molecule has 2 aromatic carbocycles. The molecule has 0 radical (unpaired) electrons. The largest absolute Gasteiger partial charge is 0.478 e. The molecule has 3 aromatic rings. The lowest BCUT2D eigenvalue weighted by molar-refractivity contribution is 0.0697. The second-order valence-electron chi connectivity index (χ2n) is 7.32. The van der Waals surface area contributed by atoms with E-state index in [2.05, 4.69) is 17.9 Å². The molecule has 1 fully saturated rings. The standard InChI is InChI=1S/C22H20N2O4/c1-13-3-2-8-24(13)18-10-16-9-15(22(25)26)4-6-17(16)23-21(18)14-5-7-19-20(11-14)28-12-27-19/h4-7,9-11,13H,2-3,8,12H2,1H3,(H,25,26)/t13-/m1/s1. The van der Waals surface area contributed by atoms with Crippen LogP contribution < -0.4 is 14.4 Å². The van der Waals surface area contributed by atoms with Crippen molar-refractivity contribution in [3.05, 3.63) is 48.0 Å². The third-order valence-corrected chi connectivity index (χ3v) is 5.55. The number of ether oxygens (including phenoxy) is 2. The Kier molecular flexibility index (Phi) is 3.86. The van der Waals surface area contributed by atoms with E-state index in [1.165, 1.54) is 0 Å². The summed E-state index contributed by atoms with van der Waals surface area (Å²) in [7, 11) is 0. The minimum absolute atomic E-state index is 0.234. The lowest BCUT2D eigenvalue weighted by Crippen LogP contribution is -2.27. The van der Waals surface area contributed by atoms with Gasteiger partial charge in [-0.3, -0.25) is 0 Å². The number of fused-ring (bicyclic) bond motifs is 2. The molecular formula is C22H20N2O4. The van der Waals surface area contributed by atoms with Crippen LogP contribution in [0.25, 0.3) is 22.2 Å². The number of carboxylic acid groups (broad SMARTS) is 1. The van der Waals surface area contributed by atoms with E-state index >= 15 is 0 Å². The number of hydrogen-bond acceptors (Lipinski definition) is 5. The van der Waals surface area contributed by atoms with Crippen LogP contribution in [-0.2, 0) is 0 Å². The number of hydrogen-bond donors (Lipinski definition) is 1. The van der Waals surface area contributed by atoms with Gasteiger partial charge in [-0.2, -0.15) is 0 Å². The van der Waals surface area contributed by atoms with Crippen molar-refractivity contribution in [2.75, 3.05) is 18.2 Å². The summed E-state index contributed by atoms with van der Waals surface area (Å²) < 4.78 is 11.0. The Labute approximate surface area is 162 Å². The number of rotatable bonds is 3. The van der Waals surface area contributed by atoms with E-state index in [4.69, 9.17) is 14.5 Å². The molecule has 6 nitrogen and oxygen atoms in total. The van der Waals surface area contributed by atoms with Crippen molar-refractivity contribution < 1.29 is 19.4 Å². The number of aromatic nitrogens is 1. The van der Waals surface area contributed by atoms with Crippen molar-refractivity contribution >= 4 is 22.6 Å². The van der Waals surface area contributed by atoms with Crippen LogP contribution >= 0.6 is 0 Å². The SMILES string of the molecule is C[C@@H]1CCCN1c1cc2cc(C(=O)O)ccc2nc1-c1ccc2c(c1)OCO2. The molecule has 0 unspecified atom stereocenters. The highest BCUT2D eigenvalue weighted by atomic mass is 16.7. The zero-order valence-corrected chi connectivity index (χ0v) is 15.5. The van der Waals surface area contributed by atoms with E-state index in [0.29, 0.717) is 6.04 Å². The third-order valence-electron chi connectivity index (χ3n) is 5.55. The number of carboxylic acids is 1. The Morgan fingerprint density at radius 3 is 2.79 bits per heavy atom. The highest BCUT2D eigenvalue weighted by Crippen LogP contribution is 2.40. The molecule has 1 aromatic heterocycles. The number of benzene rings is 2. The Bertz CT molecular complexity index is 1100. The maximum Gasteiger partial charge on any atom is 0.335 e. The van der Waals surface area contributed by atoms with Crippen LogP contribution in [-0.4, -0.2) is 35.4 Å². The summed E-state index contributed by atoms with van der Waals surface area (Å²) in [4.78, 5) is 18.7. The van der Waals surface area contributed by atoms with Gasteiger partial charge in [-0.05, 0) is 62.2 Å². The lowest BCUT2D eigenvalue weighted by atomic mass is 10.0. The van der Waals surface area contributed by atoms with Crippen LogP contribution in [0, 0.1) is 0 Å². The Balaban J connectivity index is 1.71. The molecule has 1 N–H and O–H groups in total. The molecule has 28 heavy (non-hydrogen) atoms. The fourth-order valence-corrected chi connectivity index (χ4v) is 4.06. The molecule has 0 aliphatic carbocycles. The quantitative estimate of drug-likeness (QED) is 0.734. The van der Waals surface area contributed by atoms with Crippen LogP contribution in [0.5, 0.6) is 11.5 Å². The van der Waals surface area contributed by atoms with E-state index in [1.807, 2.05) is 18.2 Å². The number of nitrogens with zero attached hydrogens (tertiary/aromatic N) is 2. The summed E-state index contributed by atoms with van der Waals surface area (Å²) >= 11 is 0. The van der Waals surface area contributed by atoms with Gasteiger partial charge in [0.2, 0.25) is 6.79 Å². The molecule has 2 aliphatic heterocycles. The summed E-state index contributed by atoms with van der Waals surface area (Å²) in [6.07, 6.45) is 2.27. The molecule has 0 amide bonds. The Morgan fingerprint density at radius 1 is 1.14 bits per heavy atom. The highest BCUT2D eigenvalue weighted by molar-refractivity contribution is 5.96. The first-order valence-electron chi connectivity index (χ1n) is 9.45. The molecule has 142 valence electrons. The van der Waals surface area contributed by atoms with Crippen LogP contribution in [0.2, 0.25) is 0 Å². The average molecular weight is 376 g/mol. The Morgan fingerprint density at radius 2 is 2.00 bits per heavy atom. The molecule has 3 heterocycles. The van der Waals surface area contributed by atoms with Gasteiger partial charge in [-0.1, -0.05) is 0 Å². The first-order valence-corrected chi connectivity index (χ1v) is 9.45. The van der Waals surface area contributed by atoms with Crippen LogP contribution in [0.4, 0.5) is 5.69 Å². The normalized spacial score (nSPS) is 18.0. The molecule has 1 atom stereocenters. The zero-order chi connectivity index (χ0) is 19.3. The smallest absolute Gasteiger partial charge is 0.335 e. The zero-order valence-electron chi connectivity index (χ0n) is 15.5. The number of aromatic carboxylic acids is 1.